The molecule has 1 fully saturated rings. The molecule has 3 nitrogen and oxygen atoms in total. The molecule has 0 unspecified atom stereocenters. The van der Waals surface area contributed by atoms with Gasteiger partial charge >= 0.3 is 0 Å². The van der Waals surface area contributed by atoms with Gasteiger partial charge in [0.05, 0.1) is 0 Å². The number of aliphatic imine (C=N–C) groups is 1. The summed E-state index contributed by atoms with van der Waals surface area (Å²) in [5.41, 5.74) is 5.92. The van der Waals surface area contributed by atoms with Crippen molar-refractivity contribution in [1.82, 2.24) is 5.32 Å². The quantitative estimate of drug-likeness (QED) is 0.336. The Bertz CT molecular complexity index is 466. The van der Waals surface area contributed by atoms with Crippen molar-refractivity contribution >= 4 is 29.9 Å². The van der Waals surface area contributed by atoms with Gasteiger partial charge in [0.2, 0.25) is 0 Å². The Hall–Kier alpha value is -0.920. The number of nitrogens with one attached hydrogen (secondary N) is 1. The summed E-state index contributed by atoms with van der Waals surface area (Å²) in [6.45, 7) is 0.281. The normalized spacial score (nSPS) is 16.7. The number of halogens is 3. The second-order valence-electron chi connectivity index (χ2n) is 5.55. The van der Waals surface area contributed by atoms with Gasteiger partial charge in [-0.15, -0.1) is 24.0 Å². The van der Waals surface area contributed by atoms with E-state index in [4.69, 9.17) is 5.73 Å². The van der Waals surface area contributed by atoms with Crippen LogP contribution in [0.4, 0.5) is 8.78 Å². The van der Waals surface area contributed by atoms with E-state index in [-0.39, 0.29) is 42.5 Å². The van der Waals surface area contributed by atoms with Crippen LogP contribution in [0, 0.1) is 11.6 Å². The first-order chi connectivity index (χ1) is 10.2. The lowest BCUT2D eigenvalue weighted by Crippen LogP contribution is -2.40. The van der Waals surface area contributed by atoms with E-state index >= 15 is 0 Å². The van der Waals surface area contributed by atoms with Gasteiger partial charge in [-0.2, -0.15) is 0 Å². The van der Waals surface area contributed by atoms with Crippen LogP contribution in [0.1, 0.15) is 44.1 Å². The minimum Gasteiger partial charge on any atom is -0.370 e. The highest BCUT2D eigenvalue weighted by Crippen LogP contribution is 2.17. The number of guanidine groups is 1. The Morgan fingerprint density at radius 2 is 1.73 bits per heavy atom. The zero-order chi connectivity index (χ0) is 15.1. The summed E-state index contributed by atoms with van der Waals surface area (Å²) in [4.78, 5) is 4.18. The van der Waals surface area contributed by atoms with Gasteiger partial charge in [0, 0.05) is 18.2 Å². The molecule has 3 N–H and O–H groups in total. The predicted molar refractivity (Wildman–Crippen MR) is 96.6 cm³/mol. The van der Waals surface area contributed by atoms with Crippen molar-refractivity contribution < 1.29 is 8.78 Å². The first kappa shape index (κ1) is 19.1. The van der Waals surface area contributed by atoms with E-state index in [0.717, 1.165) is 12.8 Å². The lowest BCUT2D eigenvalue weighted by molar-refractivity contribution is 0.529. The van der Waals surface area contributed by atoms with Gasteiger partial charge in [-0.1, -0.05) is 31.7 Å². The molecule has 0 bridgehead atoms. The highest BCUT2D eigenvalue weighted by Gasteiger charge is 2.12. The molecule has 0 amide bonds. The summed E-state index contributed by atoms with van der Waals surface area (Å²) in [6, 6.07) is 4.26. The monoisotopic (exact) mass is 423 g/mol. The lowest BCUT2D eigenvalue weighted by atomic mass is 10.1. The van der Waals surface area contributed by atoms with Crippen molar-refractivity contribution in [2.75, 3.05) is 6.54 Å². The molecule has 1 aliphatic rings. The number of rotatable bonds is 4. The Morgan fingerprint density at radius 3 is 2.32 bits per heavy atom. The Morgan fingerprint density at radius 1 is 1.14 bits per heavy atom. The molecule has 1 saturated carbocycles. The van der Waals surface area contributed by atoms with Crippen LogP contribution in [0.2, 0.25) is 0 Å². The van der Waals surface area contributed by atoms with Gasteiger partial charge in [-0.05, 0) is 31.4 Å². The maximum Gasteiger partial charge on any atom is 0.188 e. The zero-order valence-corrected chi connectivity index (χ0v) is 15.0. The molecule has 22 heavy (non-hydrogen) atoms. The highest BCUT2D eigenvalue weighted by molar-refractivity contribution is 14.0. The molecule has 1 aromatic rings. The molecule has 124 valence electrons. The van der Waals surface area contributed by atoms with Crippen molar-refractivity contribution in [3.63, 3.8) is 0 Å². The van der Waals surface area contributed by atoms with Crippen LogP contribution >= 0.6 is 24.0 Å². The molecule has 0 spiro atoms. The fraction of sp³-hybridized carbons (Fsp3) is 0.562. The third kappa shape index (κ3) is 6.06. The molecule has 1 aromatic carbocycles. The number of hydrogen-bond acceptors (Lipinski definition) is 1. The summed E-state index contributed by atoms with van der Waals surface area (Å²) in [6.07, 6.45) is 7.42. The molecule has 1 aliphatic carbocycles. The summed E-state index contributed by atoms with van der Waals surface area (Å²) in [5, 5.41) is 3.21. The van der Waals surface area contributed by atoms with Gasteiger partial charge in [-0.25, -0.2) is 8.78 Å². The topological polar surface area (TPSA) is 50.4 Å². The SMILES string of the molecule is I.NC(=NCCc1c(F)cccc1F)NC1CCCCCC1. The van der Waals surface area contributed by atoms with Crippen LogP contribution in [0.25, 0.3) is 0 Å². The molecule has 0 radical (unpaired) electrons. The van der Waals surface area contributed by atoms with E-state index in [1.54, 1.807) is 0 Å². The molecule has 0 atom stereocenters. The summed E-state index contributed by atoms with van der Waals surface area (Å²) in [7, 11) is 0. The highest BCUT2D eigenvalue weighted by atomic mass is 127. The molecule has 0 heterocycles. The average molecular weight is 423 g/mol. The van der Waals surface area contributed by atoms with Crippen LogP contribution in [0.5, 0.6) is 0 Å². The molecule has 2 rings (SSSR count). The van der Waals surface area contributed by atoms with Gasteiger partial charge in [0.25, 0.3) is 0 Å². The molecule has 0 aromatic heterocycles. The smallest absolute Gasteiger partial charge is 0.188 e. The van der Waals surface area contributed by atoms with Gasteiger partial charge < -0.3 is 11.1 Å². The van der Waals surface area contributed by atoms with E-state index in [2.05, 4.69) is 10.3 Å². The van der Waals surface area contributed by atoms with Crippen molar-refractivity contribution in [1.29, 1.82) is 0 Å². The third-order valence-electron chi connectivity index (χ3n) is 3.91. The van der Waals surface area contributed by atoms with Gasteiger partial charge in [0.15, 0.2) is 5.96 Å². The Labute approximate surface area is 147 Å². The van der Waals surface area contributed by atoms with E-state index in [1.165, 1.54) is 43.9 Å². The summed E-state index contributed by atoms with van der Waals surface area (Å²) in [5.74, 6) is -0.681. The summed E-state index contributed by atoms with van der Waals surface area (Å²) >= 11 is 0. The molecular weight excluding hydrogens is 399 g/mol. The third-order valence-corrected chi connectivity index (χ3v) is 3.91. The standard InChI is InChI=1S/C16H23F2N3.HI/c17-14-8-5-9-15(18)13(14)10-11-20-16(19)21-12-6-3-1-2-4-7-12;/h5,8-9,12H,1-4,6-7,10-11H2,(H3,19,20,21);1H. The van der Waals surface area contributed by atoms with Crippen LogP contribution in [-0.2, 0) is 6.42 Å². The number of hydrogen-bond donors (Lipinski definition) is 2. The minimum absolute atomic E-state index is 0. The second kappa shape index (κ2) is 9.97. The minimum atomic E-state index is -0.527. The van der Waals surface area contributed by atoms with Crippen LogP contribution < -0.4 is 11.1 Å². The molecular formula is C16H24F2IN3. The second-order valence-corrected chi connectivity index (χ2v) is 5.55. The first-order valence-corrected chi connectivity index (χ1v) is 7.66. The maximum atomic E-state index is 13.5. The van der Waals surface area contributed by atoms with E-state index in [9.17, 15) is 8.78 Å². The van der Waals surface area contributed by atoms with Crippen LogP contribution in [0.15, 0.2) is 23.2 Å². The van der Waals surface area contributed by atoms with Crippen LogP contribution in [0.3, 0.4) is 0 Å². The van der Waals surface area contributed by atoms with Crippen molar-refractivity contribution in [3.8, 4) is 0 Å². The van der Waals surface area contributed by atoms with Crippen molar-refractivity contribution in [2.45, 2.75) is 51.0 Å². The van der Waals surface area contributed by atoms with E-state index < -0.39 is 11.6 Å². The number of benzene rings is 1. The molecule has 0 saturated heterocycles. The predicted octanol–water partition coefficient (Wildman–Crippen LogP) is 3.75. The fourth-order valence-corrected chi connectivity index (χ4v) is 2.74. The number of nitrogens with zero attached hydrogens (tertiary/aromatic N) is 1. The van der Waals surface area contributed by atoms with Gasteiger partial charge in [-0.3, -0.25) is 4.99 Å². The van der Waals surface area contributed by atoms with Crippen molar-refractivity contribution in [3.05, 3.63) is 35.4 Å². The van der Waals surface area contributed by atoms with Crippen molar-refractivity contribution in [2.24, 2.45) is 10.7 Å². The molecule has 6 heteroatoms. The van der Waals surface area contributed by atoms with Crippen LogP contribution in [-0.4, -0.2) is 18.5 Å². The Balaban J connectivity index is 0.00000242. The maximum absolute atomic E-state index is 13.5. The average Bonchev–Trinajstić information content (AvgIpc) is 2.71. The largest absolute Gasteiger partial charge is 0.370 e. The van der Waals surface area contributed by atoms with E-state index in [1.807, 2.05) is 0 Å². The van der Waals surface area contributed by atoms with E-state index in [0.29, 0.717) is 12.0 Å². The fourth-order valence-electron chi connectivity index (χ4n) is 2.74. The molecule has 0 aliphatic heterocycles. The number of nitrogens with two attached hydrogens (primary N) is 1. The Kier molecular flexibility index (Phi) is 8.67. The first-order valence-electron chi connectivity index (χ1n) is 7.66. The zero-order valence-electron chi connectivity index (χ0n) is 12.7. The van der Waals surface area contributed by atoms with Gasteiger partial charge in [0.1, 0.15) is 11.6 Å². The lowest BCUT2D eigenvalue weighted by Gasteiger charge is -2.16. The summed E-state index contributed by atoms with van der Waals surface area (Å²) < 4.78 is 26.9.